The lowest BCUT2D eigenvalue weighted by atomic mass is 9.97. The highest BCUT2D eigenvalue weighted by atomic mass is 35.5. The fraction of sp³-hybridized carbons (Fsp3) is 0.294. The number of hydrogen-bond acceptors (Lipinski definition) is 2. The minimum atomic E-state index is 0. The number of para-hydroxylation sites is 1. The summed E-state index contributed by atoms with van der Waals surface area (Å²) >= 11 is 0. The molecule has 1 N–H and O–H groups in total. The molecule has 3 rings (SSSR count). The first-order valence-electron chi connectivity index (χ1n) is 6.72. The lowest BCUT2D eigenvalue weighted by Gasteiger charge is -2.16. The number of ether oxygens (including phenoxy) is 1. The van der Waals surface area contributed by atoms with Crippen LogP contribution in [0, 0.1) is 0 Å². The Morgan fingerprint density at radius 3 is 2.45 bits per heavy atom. The Hall–Kier alpha value is -1.51. The van der Waals surface area contributed by atoms with Gasteiger partial charge >= 0.3 is 0 Å². The monoisotopic (exact) mass is 289 g/mol. The lowest BCUT2D eigenvalue weighted by molar-refractivity contribution is 0.416. The molecule has 0 radical (unpaired) electrons. The molecule has 0 spiro atoms. The van der Waals surface area contributed by atoms with Crippen LogP contribution in [-0.2, 0) is 5.54 Å². The normalized spacial score (nSPS) is 15.3. The van der Waals surface area contributed by atoms with Crippen molar-refractivity contribution in [3.8, 4) is 16.9 Å². The zero-order valence-electron chi connectivity index (χ0n) is 11.8. The summed E-state index contributed by atoms with van der Waals surface area (Å²) in [6.45, 7) is 0. The average Bonchev–Trinajstić information content (AvgIpc) is 3.28. The zero-order valence-corrected chi connectivity index (χ0v) is 12.7. The summed E-state index contributed by atoms with van der Waals surface area (Å²) in [5.74, 6) is 0.925. The second kappa shape index (κ2) is 5.86. The molecule has 1 saturated carbocycles. The molecule has 0 saturated heterocycles. The minimum absolute atomic E-state index is 0. The predicted octanol–water partition coefficient (Wildman–Crippen LogP) is 3.99. The van der Waals surface area contributed by atoms with Gasteiger partial charge in [0.2, 0.25) is 0 Å². The van der Waals surface area contributed by atoms with Crippen molar-refractivity contribution in [1.82, 2.24) is 5.32 Å². The molecule has 2 nitrogen and oxygen atoms in total. The molecule has 20 heavy (non-hydrogen) atoms. The van der Waals surface area contributed by atoms with Gasteiger partial charge in [-0.3, -0.25) is 0 Å². The van der Waals surface area contributed by atoms with Crippen LogP contribution in [0.5, 0.6) is 5.75 Å². The maximum absolute atomic E-state index is 5.45. The van der Waals surface area contributed by atoms with Crippen molar-refractivity contribution < 1.29 is 4.74 Å². The molecule has 2 aromatic rings. The first kappa shape index (κ1) is 14.9. The van der Waals surface area contributed by atoms with E-state index in [9.17, 15) is 0 Å². The SMILES string of the molecule is CNC1(c2cccc(-c3ccccc3OC)c2)CC1.Cl. The summed E-state index contributed by atoms with van der Waals surface area (Å²) in [7, 11) is 3.77. The molecule has 1 aliphatic rings. The summed E-state index contributed by atoms with van der Waals surface area (Å²) < 4.78 is 5.45. The highest BCUT2D eigenvalue weighted by molar-refractivity contribution is 5.85. The summed E-state index contributed by atoms with van der Waals surface area (Å²) in [4.78, 5) is 0. The molecule has 0 aromatic heterocycles. The quantitative estimate of drug-likeness (QED) is 0.919. The Bertz CT molecular complexity index is 593. The van der Waals surface area contributed by atoms with Crippen molar-refractivity contribution in [2.75, 3.05) is 14.2 Å². The van der Waals surface area contributed by atoms with Gasteiger partial charge in [-0.05, 0) is 43.1 Å². The van der Waals surface area contributed by atoms with Gasteiger partial charge in [0.25, 0.3) is 0 Å². The van der Waals surface area contributed by atoms with Crippen LogP contribution in [0.4, 0.5) is 0 Å². The van der Waals surface area contributed by atoms with Crippen molar-refractivity contribution in [2.45, 2.75) is 18.4 Å². The van der Waals surface area contributed by atoms with Gasteiger partial charge in [0.15, 0.2) is 0 Å². The Labute approximate surface area is 126 Å². The number of methoxy groups -OCH3 is 1. The van der Waals surface area contributed by atoms with Crippen molar-refractivity contribution in [3.63, 3.8) is 0 Å². The molecule has 0 atom stereocenters. The summed E-state index contributed by atoms with van der Waals surface area (Å²) in [5, 5.41) is 3.44. The predicted molar refractivity (Wildman–Crippen MR) is 85.6 cm³/mol. The number of halogens is 1. The van der Waals surface area contributed by atoms with Crippen molar-refractivity contribution in [2.24, 2.45) is 0 Å². The molecule has 0 bridgehead atoms. The highest BCUT2D eigenvalue weighted by Crippen LogP contribution is 2.46. The molecule has 2 aromatic carbocycles. The van der Waals surface area contributed by atoms with Crippen molar-refractivity contribution in [1.29, 1.82) is 0 Å². The third kappa shape index (κ3) is 2.54. The number of rotatable bonds is 4. The van der Waals surface area contributed by atoms with Gasteiger partial charge < -0.3 is 10.1 Å². The molecule has 1 fully saturated rings. The molecule has 1 aliphatic carbocycles. The van der Waals surface area contributed by atoms with Gasteiger partial charge in [0, 0.05) is 11.1 Å². The molecule has 0 unspecified atom stereocenters. The lowest BCUT2D eigenvalue weighted by Crippen LogP contribution is -2.24. The second-order valence-corrected chi connectivity index (χ2v) is 5.11. The Morgan fingerprint density at radius 2 is 1.80 bits per heavy atom. The van der Waals surface area contributed by atoms with E-state index in [1.807, 2.05) is 19.2 Å². The molecule has 106 valence electrons. The maximum atomic E-state index is 5.45. The third-order valence-electron chi connectivity index (χ3n) is 4.06. The van der Waals surface area contributed by atoms with E-state index in [4.69, 9.17) is 4.74 Å². The second-order valence-electron chi connectivity index (χ2n) is 5.11. The average molecular weight is 290 g/mol. The van der Waals surface area contributed by atoms with Gasteiger partial charge in [-0.1, -0.05) is 36.4 Å². The van der Waals surface area contributed by atoms with Crippen LogP contribution in [0.2, 0.25) is 0 Å². The van der Waals surface area contributed by atoms with Gasteiger partial charge in [0.05, 0.1) is 7.11 Å². The summed E-state index contributed by atoms with van der Waals surface area (Å²) in [6, 6.07) is 16.9. The van der Waals surface area contributed by atoms with E-state index in [1.54, 1.807) is 7.11 Å². The van der Waals surface area contributed by atoms with Crippen molar-refractivity contribution >= 4 is 12.4 Å². The highest BCUT2D eigenvalue weighted by Gasteiger charge is 2.42. The van der Waals surface area contributed by atoms with Crippen LogP contribution in [0.15, 0.2) is 48.5 Å². The molecular weight excluding hydrogens is 270 g/mol. The van der Waals surface area contributed by atoms with Crippen LogP contribution < -0.4 is 10.1 Å². The first-order valence-corrected chi connectivity index (χ1v) is 6.72. The van der Waals surface area contributed by atoms with Crippen molar-refractivity contribution in [3.05, 3.63) is 54.1 Å². The van der Waals surface area contributed by atoms with Gasteiger partial charge in [-0.2, -0.15) is 0 Å². The topological polar surface area (TPSA) is 21.3 Å². The van der Waals surface area contributed by atoms with Gasteiger partial charge in [-0.25, -0.2) is 0 Å². The fourth-order valence-electron chi connectivity index (χ4n) is 2.68. The maximum Gasteiger partial charge on any atom is 0.126 e. The van der Waals surface area contributed by atoms with E-state index in [0.717, 1.165) is 11.3 Å². The zero-order chi connectivity index (χ0) is 13.3. The van der Waals surface area contributed by atoms with E-state index in [1.165, 1.54) is 24.0 Å². The summed E-state index contributed by atoms with van der Waals surface area (Å²) in [6.07, 6.45) is 2.44. The Kier molecular flexibility index (Phi) is 4.36. The molecule has 0 aliphatic heterocycles. The van der Waals surface area contributed by atoms with Crippen LogP contribution in [-0.4, -0.2) is 14.2 Å². The van der Waals surface area contributed by atoms with Gasteiger partial charge in [0.1, 0.15) is 5.75 Å². The van der Waals surface area contributed by atoms with Crippen LogP contribution in [0.1, 0.15) is 18.4 Å². The van der Waals surface area contributed by atoms with E-state index in [-0.39, 0.29) is 17.9 Å². The van der Waals surface area contributed by atoms with E-state index in [0.29, 0.717) is 0 Å². The number of hydrogen-bond donors (Lipinski definition) is 1. The molecule has 0 heterocycles. The molecule has 3 heteroatoms. The van der Waals surface area contributed by atoms with Gasteiger partial charge in [-0.15, -0.1) is 12.4 Å². The standard InChI is InChI=1S/C17H19NO.ClH/c1-18-17(10-11-17)14-7-5-6-13(12-14)15-8-3-4-9-16(15)19-2;/h3-9,12,18H,10-11H2,1-2H3;1H. The fourth-order valence-corrected chi connectivity index (χ4v) is 2.68. The number of nitrogens with one attached hydrogen (secondary N) is 1. The Balaban J connectivity index is 0.00000147. The molecule has 0 amide bonds. The van der Waals surface area contributed by atoms with Crippen LogP contribution in [0.25, 0.3) is 11.1 Å². The van der Waals surface area contributed by atoms with Crippen LogP contribution in [0.3, 0.4) is 0 Å². The smallest absolute Gasteiger partial charge is 0.126 e. The number of benzene rings is 2. The van der Waals surface area contributed by atoms with E-state index < -0.39 is 0 Å². The minimum Gasteiger partial charge on any atom is -0.496 e. The first-order chi connectivity index (χ1) is 9.29. The summed E-state index contributed by atoms with van der Waals surface area (Å²) in [5.41, 5.74) is 3.95. The van der Waals surface area contributed by atoms with E-state index >= 15 is 0 Å². The van der Waals surface area contributed by atoms with E-state index in [2.05, 4.69) is 41.7 Å². The Morgan fingerprint density at radius 1 is 1.05 bits per heavy atom. The third-order valence-corrected chi connectivity index (χ3v) is 4.06. The largest absolute Gasteiger partial charge is 0.496 e. The molecular formula is C17H20ClNO. The van der Waals surface area contributed by atoms with Crippen LogP contribution >= 0.6 is 12.4 Å².